The largest absolute Gasteiger partial charge is 0.0657 e. The highest BCUT2D eigenvalue weighted by molar-refractivity contribution is 6.43. The molecular weight excluding hydrogens is 188 g/mol. The molecule has 13 heavy (non-hydrogen) atoms. The van der Waals surface area contributed by atoms with E-state index in [1.165, 1.54) is 24.8 Å². The van der Waals surface area contributed by atoms with Crippen molar-refractivity contribution in [2.45, 2.75) is 70.1 Å². The van der Waals surface area contributed by atoms with Crippen LogP contribution in [-0.2, 0) is 0 Å². The molecule has 0 saturated carbocycles. The summed E-state index contributed by atoms with van der Waals surface area (Å²) in [5, 5.41) is 0. The molecule has 80 valence electrons. The monoisotopic (exact) mass is 216 g/mol. The van der Waals surface area contributed by atoms with Gasteiger partial charge in [-0.25, -0.2) is 0 Å². The van der Waals surface area contributed by atoms with Gasteiger partial charge >= 0.3 is 0 Å². The van der Waals surface area contributed by atoms with E-state index in [4.69, 9.17) is 0 Å². The van der Waals surface area contributed by atoms with E-state index in [1.807, 2.05) is 0 Å². The lowest BCUT2D eigenvalue weighted by Crippen LogP contribution is -2.06. The number of hydrogen-bond acceptors (Lipinski definition) is 0. The summed E-state index contributed by atoms with van der Waals surface area (Å²) in [6, 6.07) is 4.89. The van der Waals surface area contributed by atoms with Gasteiger partial charge in [0.25, 0.3) is 0 Å². The Bertz CT molecular complexity index is 94.1. The molecule has 0 radical (unpaired) electrons. The second-order valence-corrected chi connectivity index (χ2v) is 8.72. The van der Waals surface area contributed by atoms with Crippen molar-refractivity contribution in [3.8, 4) is 0 Å². The molecule has 0 N–H and O–H groups in total. The van der Waals surface area contributed by atoms with Crippen LogP contribution in [0.4, 0.5) is 0 Å². The molecule has 0 aromatic heterocycles. The third-order valence-electron chi connectivity index (χ3n) is 2.88. The van der Waals surface area contributed by atoms with E-state index in [1.54, 1.807) is 24.6 Å². The summed E-state index contributed by atoms with van der Waals surface area (Å²) in [6.45, 7) is 7.04. The van der Waals surface area contributed by atoms with E-state index in [9.17, 15) is 0 Å². The first-order valence-corrected chi connectivity index (χ1v) is 10.2. The average Bonchev–Trinajstić information content (AvgIpc) is 2.14. The predicted molar refractivity (Wildman–Crippen MR) is 70.7 cm³/mol. The Morgan fingerprint density at radius 2 is 1.62 bits per heavy atom. The molecular formula is C11H28Si2. The van der Waals surface area contributed by atoms with E-state index in [0.717, 1.165) is 0 Å². The van der Waals surface area contributed by atoms with Crippen molar-refractivity contribution in [3.63, 3.8) is 0 Å². The zero-order valence-corrected chi connectivity index (χ0v) is 12.8. The lowest BCUT2D eigenvalue weighted by molar-refractivity contribution is 0.753. The molecule has 0 aromatic carbocycles. The maximum atomic E-state index is 2.36. The van der Waals surface area contributed by atoms with Crippen molar-refractivity contribution < 1.29 is 0 Å². The summed E-state index contributed by atoms with van der Waals surface area (Å²) in [6.07, 6.45) is 5.88. The summed E-state index contributed by atoms with van der Waals surface area (Å²) in [5.41, 5.74) is 1.24. The minimum Gasteiger partial charge on any atom is -0.0657 e. The molecule has 2 heteroatoms. The van der Waals surface area contributed by atoms with Gasteiger partial charge in [-0.1, -0.05) is 70.1 Å². The molecule has 1 atom stereocenters. The molecule has 0 amide bonds. The minimum atomic E-state index is 0.321. The highest BCUT2D eigenvalue weighted by Gasteiger charge is 2.06. The summed E-state index contributed by atoms with van der Waals surface area (Å²) in [4.78, 5) is 0. The van der Waals surface area contributed by atoms with Gasteiger partial charge in [0, 0.05) is 19.0 Å². The van der Waals surface area contributed by atoms with E-state index >= 15 is 0 Å². The molecule has 1 unspecified atom stereocenters. The van der Waals surface area contributed by atoms with Gasteiger partial charge in [0.15, 0.2) is 0 Å². The number of rotatable bonds is 9. The summed E-state index contributed by atoms with van der Waals surface area (Å²) in [5.74, 6) is 0. The maximum Gasteiger partial charge on any atom is 0.0227 e. The van der Waals surface area contributed by atoms with E-state index in [-0.39, 0.29) is 0 Å². The first-order valence-electron chi connectivity index (χ1n) is 6.35. The third-order valence-corrected chi connectivity index (χ3v) is 8.88. The lowest BCUT2D eigenvalue weighted by atomic mass is 10.3. The Morgan fingerprint density at radius 1 is 0.923 bits per heavy atom. The fraction of sp³-hybridized carbons (Fsp3) is 1.00. The molecule has 0 heterocycles. The first-order chi connectivity index (χ1) is 6.35. The molecule has 0 aliphatic heterocycles. The van der Waals surface area contributed by atoms with Crippen molar-refractivity contribution in [3.05, 3.63) is 0 Å². The fourth-order valence-electron chi connectivity index (χ4n) is 2.02. The molecule has 0 rings (SSSR count). The van der Waals surface area contributed by atoms with Crippen LogP contribution in [0.3, 0.4) is 0 Å². The second-order valence-electron chi connectivity index (χ2n) is 4.29. The zero-order chi connectivity index (χ0) is 9.94. The van der Waals surface area contributed by atoms with Crippen molar-refractivity contribution in [1.29, 1.82) is 0 Å². The van der Waals surface area contributed by atoms with Crippen molar-refractivity contribution >= 4 is 19.0 Å². The topological polar surface area (TPSA) is 0 Å². The fourth-order valence-corrected chi connectivity index (χ4v) is 7.38. The summed E-state index contributed by atoms with van der Waals surface area (Å²) in [7, 11) is 0.671. The Kier molecular flexibility index (Phi) is 10.9. The van der Waals surface area contributed by atoms with Crippen LogP contribution in [0.25, 0.3) is 0 Å². The summed E-state index contributed by atoms with van der Waals surface area (Å²) >= 11 is 0. The molecule has 0 aliphatic carbocycles. The third kappa shape index (κ3) is 8.76. The van der Waals surface area contributed by atoms with Gasteiger partial charge in [-0.05, 0) is 0 Å². The Balaban J connectivity index is 3.41. The Hall–Kier alpha value is 0.434. The summed E-state index contributed by atoms with van der Waals surface area (Å²) < 4.78 is 0. The zero-order valence-electron chi connectivity index (χ0n) is 9.94. The minimum absolute atomic E-state index is 0.321. The number of hydrogen-bond donors (Lipinski definition) is 0. The molecule has 0 saturated heterocycles. The Morgan fingerprint density at radius 3 is 2.15 bits per heavy atom. The molecule has 0 aliphatic rings. The van der Waals surface area contributed by atoms with E-state index in [2.05, 4.69) is 20.8 Å². The molecule has 0 fully saturated rings. The van der Waals surface area contributed by atoms with Crippen LogP contribution in [-0.4, -0.2) is 19.0 Å². The molecule has 0 bridgehead atoms. The lowest BCUT2D eigenvalue weighted by Gasteiger charge is -2.14. The first kappa shape index (κ1) is 13.4. The SMILES string of the molecule is CCC[SiH2]CC(CCC)[SiH2]CCC. The quantitative estimate of drug-likeness (QED) is 0.411. The van der Waals surface area contributed by atoms with Gasteiger partial charge in [-0.15, -0.1) is 0 Å². The maximum absolute atomic E-state index is 2.36. The second kappa shape index (κ2) is 10.5. The van der Waals surface area contributed by atoms with Gasteiger partial charge in [0.2, 0.25) is 0 Å². The van der Waals surface area contributed by atoms with Crippen molar-refractivity contribution in [2.75, 3.05) is 0 Å². The van der Waals surface area contributed by atoms with Crippen LogP contribution < -0.4 is 0 Å². The molecule has 0 aromatic rings. The van der Waals surface area contributed by atoms with Crippen LogP contribution in [0.1, 0.15) is 46.5 Å². The van der Waals surface area contributed by atoms with Crippen molar-refractivity contribution in [2.24, 2.45) is 0 Å². The normalized spacial score (nSPS) is 15.0. The standard InChI is InChI=1S/C11H28Si2/c1-4-7-11(13-9-6-3)10-12-8-5-2/h11H,4-10,12-13H2,1-3H3. The highest BCUT2D eigenvalue weighted by Crippen LogP contribution is 2.19. The van der Waals surface area contributed by atoms with Gasteiger partial charge < -0.3 is 0 Å². The molecule has 0 nitrogen and oxygen atoms in total. The smallest absolute Gasteiger partial charge is 0.0227 e. The highest BCUT2D eigenvalue weighted by atomic mass is 28.2. The Labute approximate surface area is 89.5 Å². The molecule has 0 spiro atoms. The van der Waals surface area contributed by atoms with Crippen molar-refractivity contribution in [1.82, 2.24) is 0 Å². The van der Waals surface area contributed by atoms with Gasteiger partial charge in [-0.2, -0.15) is 0 Å². The van der Waals surface area contributed by atoms with Crippen LogP contribution in [0, 0.1) is 0 Å². The van der Waals surface area contributed by atoms with Crippen LogP contribution in [0.2, 0.25) is 23.7 Å². The van der Waals surface area contributed by atoms with Gasteiger partial charge in [-0.3, -0.25) is 0 Å². The van der Waals surface area contributed by atoms with Gasteiger partial charge in [0.05, 0.1) is 0 Å². The van der Waals surface area contributed by atoms with Crippen LogP contribution in [0.15, 0.2) is 0 Å². The van der Waals surface area contributed by atoms with Crippen LogP contribution in [0.5, 0.6) is 0 Å². The van der Waals surface area contributed by atoms with E-state index < -0.39 is 0 Å². The van der Waals surface area contributed by atoms with Crippen LogP contribution >= 0.6 is 0 Å². The van der Waals surface area contributed by atoms with E-state index in [0.29, 0.717) is 19.0 Å². The average molecular weight is 217 g/mol. The predicted octanol–water partition coefficient (Wildman–Crippen LogP) is 2.99. The van der Waals surface area contributed by atoms with Gasteiger partial charge in [0.1, 0.15) is 0 Å².